The van der Waals surface area contributed by atoms with Gasteiger partial charge in [-0.2, -0.15) is 0 Å². The van der Waals surface area contributed by atoms with E-state index in [2.05, 4.69) is 0 Å². The maximum atomic E-state index is 11.4. The number of phenols is 1. The summed E-state index contributed by atoms with van der Waals surface area (Å²) in [6, 6.07) is 3.76. The SMILES string of the molecule is Cc1ccc(/C=C\C(=O)C(C)C)c(O)c1C.[CH3-].[Y]. The zero-order valence-electron chi connectivity index (χ0n) is 11.8. The fourth-order valence-electron chi connectivity index (χ4n) is 1.32. The summed E-state index contributed by atoms with van der Waals surface area (Å²) in [5.41, 5.74) is 2.60. The Morgan fingerprint density at radius 1 is 1.28 bits per heavy atom. The van der Waals surface area contributed by atoms with Gasteiger partial charge in [-0.1, -0.05) is 26.0 Å². The van der Waals surface area contributed by atoms with Crippen LogP contribution in [0.2, 0.25) is 0 Å². The molecule has 1 aromatic carbocycles. The van der Waals surface area contributed by atoms with Gasteiger partial charge in [-0.15, -0.1) is 0 Å². The molecular formula is C15H21O2Y-. The van der Waals surface area contributed by atoms with E-state index in [9.17, 15) is 9.90 Å². The Morgan fingerprint density at radius 3 is 2.33 bits per heavy atom. The van der Waals surface area contributed by atoms with E-state index >= 15 is 0 Å². The molecule has 0 aliphatic carbocycles. The van der Waals surface area contributed by atoms with Crippen molar-refractivity contribution in [1.29, 1.82) is 0 Å². The van der Waals surface area contributed by atoms with Gasteiger partial charge in [0.1, 0.15) is 5.75 Å². The van der Waals surface area contributed by atoms with Crippen molar-refractivity contribution in [3.63, 3.8) is 0 Å². The Kier molecular flexibility index (Phi) is 9.49. The molecule has 97 valence electrons. The molecule has 1 radical (unpaired) electrons. The van der Waals surface area contributed by atoms with Gasteiger partial charge in [0.05, 0.1) is 0 Å². The van der Waals surface area contributed by atoms with Crippen LogP contribution in [-0.2, 0) is 37.5 Å². The molecule has 0 heterocycles. The minimum Gasteiger partial charge on any atom is -0.507 e. The molecule has 0 aliphatic heterocycles. The fraction of sp³-hybridized carbons (Fsp3) is 0.333. The Bertz CT molecular complexity index is 434. The molecule has 2 nitrogen and oxygen atoms in total. The first-order valence-corrected chi connectivity index (χ1v) is 5.44. The third kappa shape index (κ3) is 5.03. The minimum absolute atomic E-state index is 0. The Hall–Kier alpha value is -0.466. The third-order valence-corrected chi connectivity index (χ3v) is 2.73. The van der Waals surface area contributed by atoms with Crippen molar-refractivity contribution in [3.05, 3.63) is 42.3 Å². The summed E-state index contributed by atoms with van der Waals surface area (Å²) in [4.78, 5) is 11.4. The average molecular weight is 322 g/mol. The van der Waals surface area contributed by atoms with E-state index in [1.165, 1.54) is 6.08 Å². The number of hydrogen-bond donors (Lipinski definition) is 1. The summed E-state index contributed by atoms with van der Waals surface area (Å²) in [6.07, 6.45) is 3.19. The van der Waals surface area contributed by atoms with Crippen molar-refractivity contribution in [3.8, 4) is 5.75 Å². The number of aryl methyl sites for hydroxylation is 1. The zero-order chi connectivity index (χ0) is 12.3. The number of hydrogen-bond acceptors (Lipinski definition) is 2. The standard InChI is InChI=1S/C14H18O2.CH3.Y/c1-9(2)13(15)8-7-12-6-5-10(3)11(4)14(12)16;;/h5-9,16H,1-4H3;1H3;/q;-1;/b8-7-;;. The number of carbonyl (C=O) groups excluding carboxylic acids is 1. The predicted octanol–water partition coefficient (Wildman–Crippen LogP) is 3.70. The summed E-state index contributed by atoms with van der Waals surface area (Å²) in [7, 11) is 0. The first kappa shape index (κ1) is 19.9. The van der Waals surface area contributed by atoms with Crippen LogP contribution in [0.1, 0.15) is 30.5 Å². The van der Waals surface area contributed by atoms with Crippen LogP contribution in [0.25, 0.3) is 6.08 Å². The number of aromatic hydroxyl groups is 1. The number of rotatable bonds is 3. The molecule has 0 atom stereocenters. The second-order valence-electron chi connectivity index (χ2n) is 4.34. The van der Waals surface area contributed by atoms with E-state index in [-0.39, 0.29) is 57.6 Å². The Labute approximate surface area is 135 Å². The van der Waals surface area contributed by atoms with Crippen molar-refractivity contribution >= 4 is 11.9 Å². The van der Waals surface area contributed by atoms with Crippen molar-refractivity contribution in [2.45, 2.75) is 27.7 Å². The van der Waals surface area contributed by atoms with Gasteiger partial charge in [-0.25, -0.2) is 0 Å². The Morgan fingerprint density at radius 2 is 1.83 bits per heavy atom. The Balaban J connectivity index is 0. The van der Waals surface area contributed by atoms with Crippen LogP contribution >= 0.6 is 0 Å². The second-order valence-corrected chi connectivity index (χ2v) is 4.34. The molecule has 0 bridgehead atoms. The van der Waals surface area contributed by atoms with Gasteiger partial charge in [0.25, 0.3) is 0 Å². The molecule has 0 unspecified atom stereocenters. The fourth-order valence-corrected chi connectivity index (χ4v) is 1.32. The van der Waals surface area contributed by atoms with Gasteiger partial charge in [0.2, 0.25) is 0 Å². The third-order valence-electron chi connectivity index (χ3n) is 2.73. The normalized spacial score (nSPS) is 10.1. The summed E-state index contributed by atoms with van der Waals surface area (Å²) in [5.74, 6) is 0.315. The molecule has 0 fully saturated rings. The van der Waals surface area contributed by atoms with Crippen molar-refractivity contribution < 1.29 is 42.6 Å². The van der Waals surface area contributed by atoms with E-state index in [0.717, 1.165) is 11.1 Å². The first-order chi connectivity index (χ1) is 7.43. The summed E-state index contributed by atoms with van der Waals surface area (Å²) >= 11 is 0. The maximum Gasteiger partial charge on any atom is 0.158 e. The molecule has 0 aliphatic rings. The van der Waals surface area contributed by atoms with E-state index < -0.39 is 0 Å². The maximum absolute atomic E-state index is 11.4. The van der Waals surface area contributed by atoms with E-state index in [0.29, 0.717) is 5.56 Å². The molecule has 1 aromatic rings. The van der Waals surface area contributed by atoms with Crippen LogP contribution in [0.3, 0.4) is 0 Å². The van der Waals surface area contributed by atoms with Crippen LogP contribution in [0.15, 0.2) is 18.2 Å². The van der Waals surface area contributed by atoms with Crippen molar-refractivity contribution in [2.75, 3.05) is 0 Å². The van der Waals surface area contributed by atoms with E-state index in [1.807, 2.05) is 39.8 Å². The zero-order valence-corrected chi connectivity index (χ0v) is 14.7. The molecule has 1 rings (SSSR count). The quantitative estimate of drug-likeness (QED) is 0.681. The number of carbonyl (C=O) groups is 1. The summed E-state index contributed by atoms with van der Waals surface area (Å²) in [5, 5.41) is 9.87. The minimum atomic E-state index is -0.00932. The van der Waals surface area contributed by atoms with Gasteiger partial charge >= 0.3 is 0 Å². The molecule has 0 saturated carbocycles. The van der Waals surface area contributed by atoms with Gasteiger partial charge in [-0.3, -0.25) is 4.79 Å². The van der Waals surface area contributed by atoms with Gasteiger partial charge in [0.15, 0.2) is 5.78 Å². The van der Waals surface area contributed by atoms with Crippen LogP contribution in [0.5, 0.6) is 5.75 Å². The predicted molar refractivity (Wildman–Crippen MR) is 72.9 cm³/mol. The number of allylic oxidation sites excluding steroid dienone is 1. The molecule has 18 heavy (non-hydrogen) atoms. The molecule has 0 saturated heterocycles. The van der Waals surface area contributed by atoms with E-state index in [1.54, 1.807) is 6.08 Å². The summed E-state index contributed by atoms with van der Waals surface area (Å²) < 4.78 is 0. The molecule has 1 N–H and O–H groups in total. The molecule has 0 amide bonds. The van der Waals surface area contributed by atoms with Crippen LogP contribution in [0, 0.1) is 27.2 Å². The molecular weight excluding hydrogens is 301 g/mol. The van der Waals surface area contributed by atoms with Crippen LogP contribution in [-0.4, -0.2) is 10.9 Å². The average Bonchev–Trinajstić information content (AvgIpc) is 2.24. The van der Waals surface area contributed by atoms with Crippen LogP contribution < -0.4 is 0 Å². The first-order valence-electron chi connectivity index (χ1n) is 5.44. The van der Waals surface area contributed by atoms with Gasteiger partial charge in [-0.05, 0) is 37.1 Å². The van der Waals surface area contributed by atoms with Crippen LogP contribution in [0.4, 0.5) is 0 Å². The number of phenolic OH excluding ortho intramolecular Hbond substituents is 1. The number of ketones is 1. The second kappa shape index (κ2) is 8.60. The molecule has 0 spiro atoms. The van der Waals surface area contributed by atoms with E-state index in [4.69, 9.17) is 0 Å². The smallest absolute Gasteiger partial charge is 0.158 e. The molecule has 3 heteroatoms. The summed E-state index contributed by atoms with van der Waals surface area (Å²) in [6.45, 7) is 7.52. The van der Waals surface area contributed by atoms with Gasteiger partial charge < -0.3 is 12.5 Å². The number of benzene rings is 1. The molecule has 0 aromatic heterocycles. The van der Waals surface area contributed by atoms with Crippen molar-refractivity contribution in [2.24, 2.45) is 5.92 Å². The largest absolute Gasteiger partial charge is 0.507 e. The topological polar surface area (TPSA) is 37.3 Å². The van der Waals surface area contributed by atoms with Crippen molar-refractivity contribution in [1.82, 2.24) is 0 Å². The monoisotopic (exact) mass is 322 g/mol. The van der Waals surface area contributed by atoms with Gasteiger partial charge in [0, 0.05) is 44.2 Å².